The first-order valence-corrected chi connectivity index (χ1v) is 10.3. The number of carbonyl (C=O) groups is 1. The van der Waals surface area contributed by atoms with Crippen molar-refractivity contribution in [3.05, 3.63) is 71.3 Å². The number of rotatable bonds is 5. The van der Waals surface area contributed by atoms with Crippen molar-refractivity contribution in [2.75, 3.05) is 11.3 Å². The molecule has 0 spiro atoms. The van der Waals surface area contributed by atoms with Gasteiger partial charge >= 0.3 is 5.97 Å². The van der Waals surface area contributed by atoms with Gasteiger partial charge in [0, 0.05) is 11.1 Å². The lowest BCUT2D eigenvalue weighted by Crippen LogP contribution is -2.14. The van der Waals surface area contributed by atoms with Crippen LogP contribution in [0.15, 0.2) is 59.5 Å². The number of hydrogen-bond donors (Lipinski definition) is 1. The van der Waals surface area contributed by atoms with E-state index in [1.165, 1.54) is 11.1 Å². The highest BCUT2D eigenvalue weighted by Crippen LogP contribution is 2.35. The van der Waals surface area contributed by atoms with Gasteiger partial charge < -0.3 is 4.74 Å². The third-order valence-electron chi connectivity index (χ3n) is 4.77. The Morgan fingerprint density at radius 3 is 2.41 bits per heavy atom. The first kappa shape index (κ1) is 17.5. The van der Waals surface area contributed by atoms with Crippen LogP contribution >= 0.6 is 0 Å². The molecule has 0 radical (unpaired) electrons. The largest absolute Gasteiger partial charge is 0.462 e. The number of aryl methyl sites for hydroxylation is 2. The number of hydrogen-bond acceptors (Lipinski definition) is 4. The van der Waals surface area contributed by atoms with E-state index in [9.17, 15) is 13.2 Å². The molecular formula is C21H19NO4S. The molecule has 6 heteroatoms. The van der Waals surface area contributed by atoms with Gasteiger partial charge in [-0.2, -0.15) is 0 Å². The minimum absolute atomic E-state index is 0.263. The van der Waals surface area contributed by atoms with Crippen LogP contribution in [0.3, 0.4) is 0 Å². The van der Waals surface area contributed by atoms with Crippen molar-refractivity contribution in [2.45, 2.75) is 24.7 Å². The Balaban J connectivity index is 1.67. The van der Waals surface area contributed by atoms with Gasteiger partial charge in [-0.15, -0.1) is 0 Å². The molecule has 27 heavy (non-hydrogen) atoms. The lowest BCUT2D eigenvalue weighted by molar-refractivity contribution is 0.0526. The van der Waals surface area contributed by atoms with Crippen molar-refractivity contribution in [1.82, 2.24) is 0 Å². The number of ether oxygens (including phenoxy) is 1. The van der Waals surface area contributed by atoms with Crippen molar-refractivity contribution in [3.8, 4) is 0 Å². The van der Waals surface area contributed by atoms with Crippen molar-refractivity contribution in [2.24, 2.45) is 0 Å². The van der Waals surface area contributed by atoms with Crippen LogP contribution < -0.4 is 4.72 Å². The maximum atomic E-state index is 13.0. The number of anilines is 1. The van der Waals surface area contributed by atoms with E-state index in [-0.39, 0.29) is 11.5 Å². The minimum atomic E-state index is -3.76. The maximum Gasteiger partial charge on any atom is 0.338 e. The summed E-state index contributed by atoms with van der Waals surface area (Å²) < 4.78 is 33.5. The molecule has 0 saturated carbocycles. The van der Waals surface area contributed by atoms with E-state index in [1.807, 2.05) is 18.2 Å². The number of esters is 1. The minimum Gasteiger partial charge on any atom is -0.462 e. The molecule has 138 valence electrons. The molecule has 0 bridgehead atoms. The van der Waals surface area contributed by atoms with Gasteiger partial charge in [0.05, 0.1) is 17.1 Å². The third kappa shape index (κ3) is 3.17. The second-order valence-electron chi connectivity index (χ2n) is 6.47. The van der Waals surface area contributed by atoms with Gasteiger partial charge in [0.2, 0.25) is 0 Å². The molecule has 1 aliphatic rings. The summed E-state index contributed by atoms with van der Waals surface area (Å²) >= 11 is 0. The van der Waals surface area contributed by atoms with Gasteiger partial charge in [-0.1, -0.05) is 24.3 Å². The summed E-state index contributed by atoms with van der Waals surface area (Å²) in [5, 5.41) is 1.80. The van der Waals surface area contributed by atoms with E-state index in [0.717, 1.165) is 23.6 Å². The van der Waals surface area contributed by atoms with Crippen LogP contribution in [0.4, 0.5) is 5.69 Å². The Bertz CT molecular complexity index is 1120. The van der Waals surface area contributed by atoms with Gasteiger partial charge in [-0.3, -0.25) is 4.72 Å². The molecule has 5 nitrogen and oxygen atoms in total. The topological polar surface area (TPSA) is 72.5 Å². The zero-order chi connectivity index (χ0) is 19.0. The fourth-order valence-corrected chi connectivity index (χ4v) is 4.82. The number of carbonyl (C=O) groups excluding carboxylic acids is 1. The van der Waals surface area contributed by atoms with Gasteiger partial charge in [0.25, 0.3) is 10.0 Å². The Kier molecular flexibility index (Phi) is 4.36. The summed E-state index contributed by atoms with van der Waals surface area (Å²) in [4.78, 5) is 12.0. The molecule has 3 aromatic rings. The van der Waals surface area contributed by atoms with Crippen molar-refractivity contribution >= 4 is 32.5 Å². The van der Waals surface area contributed by atoms with Crippen LogP contribution in [-0.4, -0.2) is 21.0 Å². The fraction of sp³-hybridized carbons (Fsp3) is 0.190. The summed E-state index contributed by atoms with van der Waals surface area (Å²) in [6, 6.07) is 15.6. The summed E-state index contributed by atoms with van der Waals surface area (Å²) in [5.41, 5.74) is 3.16. The molecule has 4 rings (SSSR count). The van der Waals surface area contributed by atoms with Crippen molar-refractivity contribution in [3.63, 3.8) is 0 Å². The summed E-state index contributed by atoms with van der Waals surface area (Å²) in [7, 11) is -3.76. The quantitative estimate of drug-likeness (QED) is 0.680. The third-order valence-corrected chi connectivity index (χ3v) is 6.21. The lowest BCUT2D eigenvalue weighted by Gasteiger charge is -2.12. The van der Waals surface area contributed by atoms with E-state index >= 15 is 0 Å². The molecule has 0 amide bonds. The first-order valence-electron chi connectivity index (χ1n) is 8.83. The second kappa shape index (κ2) is 6.70. The zero-order valence-corrected chi connectivity index (χ0v) is 15.7. The van der Waals surface area contributed by atoms with Gasteiger partial charge in [0.15, 0.2) is 0 Å². The highest BCUT2D eigenvalue weighted by atomic mass is 32.2. The molecule has 0 atom stereocenters. The van der Waals surface area contributed by atoms with Crippen LogP contribution in [0, 0.1) is 0 Å². The average molecular weight is 381 g/mol. The van der Waals surface area contributed by atoms with Crippen LogP contribution in [0.25, 0.3) is 10.8 Å². The zero-order valence-electron chi connectivity index (χ0n) is 14.9. The number of benzene rings is 3. The lowest BCUT2D eigenvalue weighted by atomic mass is 10.1. The standard InChI is InChI=1S/C21H19NO4S/c1-2-26-21(23)16-8-11-17(12-9-16)22-27(24,25)19-13-10-15-7-6-14-4-3-5-18(19)20(14)15/h3-5,8-13,22H,2,6-7H2,1H3. The molecule has 0 unspecified atom stereocenters. The van der Waals surface area contributed by atoms with E-state index in [1.54, 1.807) is 37.3 Å². The molecule has 1 N–H and O–H groups in total. The monoisotopic (exact) mass is 381 g/mol. The molecule has 0 fully saturated rings. The van der Waals surface area contributed by atoms with E-state index in [4.69, 9.17) is 4.74 Å². The highest BCUT2D eigenvalue weighted by molar-refractivity contribution is 7.93. The number of sulfonamides is 1. The predicted octanol–water partition coefficient (Wildman–Crippen LogP) is 3.92. The van der Waals surface area contributed by atoms with Gasteiger partial charge in [-0.05, 0) is 66.6 Å². The first-order chi connectivity index (χ1) is 13.0. The summed E-state index contributed by atoms with van der Waals surface area (Å²) in [6.07, 6.45) is 1.89. The second-order valence-corrected chi connectivity index (χ2v) is 8.12. The Labute approximate surface area is 158 Å². The molecule has 0 aromatic heterocycles. The number of nitrogens with one attached hydrogen (secondary N) is 1. The molecular weight excluding hydrogens is 362 g/mol. The smallest absolute Gasteiger partial charge is 0.338 e. The predicted molar refractivity (Wildman–Crippen MR) is 105 cm³/mol. The molecule has 0 saturated heterocycles. The van der Waals surface area contributed by atoms with Crippen molar-refractivity contribution < 1.29 is 17.9 Å². The molecule has 0 aliphatic heterocycles. The van der Waals surface area contributed by atoms with Crippen LogP contribution in [0.2, 0.25) is 0 Å². The van der Waals surface area contributed by atoms with Crippen molar-refractivity contribution in [1.29, 1.82) is 0 Å². The van der Waals surface area contributed by atoms with Gasteiger partial charge in [0.1, 0.15) is 0 Å². The Hall–Kier alpha value is -2.86. The highest BCUT2D eigenvalue weighted by Gasteiger charge is 2.22. The van der Waals surface area contributed by atoms with E-state index < -0.39 is 16.0 Å². The Morgan fingerprint density at radius 1 is 1.00 bits per heavy atom. The normalized spacial score (nSPS) is 12.9. The molecule has 3 aromatic carbocycles. The van der Waals surface area contributed by atoms with E-state index in [2.05, 4.69) is 10.8 Å². The molecule has 0 heterocycles. The van der Waals surface area contributed by atoms with Crippen LogP contribution in [0.5, 0.6) is 0 Å². The van der Waals surface area contributed by atoms with Crippen LogP contribution in [-0.2, 0) is 27.6 Å². The maximum absolute atomic E-state index is 13.0. The van der Waals surface area contributed by atoms with Crippen LogP contribution in [0.1, 0.15) is 28.4 Å². The summed E-state index contributed by atoms with van der Waals surface area (Å²) in [6.45, 7) is 2.02. The Morgan fingerprint density at radius 2 is 1.70 bits per heavy atom. The molecule has 1 aliphatic carbocycles. The fourth-order valence-electron chi connectivity index (χ4n) is 3.55. The summed E-state index contributed by atoms with van der Waals surface area (Å²) in [5.74, 6) is -0.431. The average Bonchev–Trinajstić information content (AvgIpc) is 3.07. The van der Waals surface area contributed by atoms with Gasteiger partial charge in [-0.25, -0.2) is 13.2 Å². The van der Waals surface area contributed by atoms with E-state index in [0.29, 0.717) is 11.3 Å². The SMILES string of the molecule is CCOC(=O)c1ccc(NS(=O)(=O)c2ccc3c4c(cccc24)CC3)cc1.